The SMILES string of the molecule is Cn1nc(C(N)Cc2cn3ccsc3n2)c2ccccc21. The van der Waals surface area contributed by atoms with Crippen LogP contribution in [-0.2, 0) is 13.5 Å². The third-order valence-electron chi connectivity index (χ3n) is 3.71. The highest BCUT2D eigenvalue weighted by Crippen LogP contribution is 2.24. The van der Waals surface area contributed by atoms with Crippen LogP contribution >= 0.6 is 11.3 Å². The molecule has 0 amide bonds. The number of hydrogen-bond acceptors (Lipinski definition) is 4. The summed E-state index contributed by atoms with van der Waals surface area (Å²) >= 11 is 1.63. The molecule has 0 saturated heterocycles. The molecule has 4 aromatic rings. The number of thiazole rings is 1. The number of para-hydroxylation sites is 1. The maximum atomic E-state index is 6.38. The third kappa shape index (κ3) is 2.03. The van der Waals surface area contributed by atoms with Gasteiger partial charge in [-0.25, -0.2) is 4.98 Å². The normalized spacial score (nSPS) is 13.2. The van der Waals surface area contributed by atoms with Gasteiger partial charge in [-0.3, -0.25) is 9.08 Å². The second-order valence-electron chi connectivity index (χ2n) is 5.16. The lowest BCUT2D eigenvalue weighted by atomic mass is 10.1. The van der Waals surface area contributed by atoms with Gasteiger partial charge in [-0.05, 0) is 6.07 Å². The smallest absolute Gasteiger partial charge is 0.193 e. The van der Waals surface area contributed by atoms with Gasteiger partial charge in [0, 0.05) is 36.6 Å². The maximum Gasteiger partial charge on any atom is 0.193 e. The van der Waals surface area contributed by atoms with Crippen LogP contribution in [0.5, 0.6) is 0 Å². The van der Waals surface area contributed by atoms with E-state index in [-0.39, 0.29) is 6.04 Å². The van der Waals surface area contributed by atoms with Crippen molar-refractivity contribution in [2.75, 3.05) is 0 Å². The first kappa shape index (κ1) is 12.6. The van der Waals surface area contributed by atoms with Crippen molar-refractivity contribution in [3.63, 3.8) is 0 Å². The van der Waals surface area contributed by atoms with Crippen molar-refractivity contribution in [1.29, 1.82) is 0 Å². The minimum Gasteiger partial charge on any atom is -0.322 e. The van der Waals surface area contributed by atoms with Gasteiger partial charge in [-0.15, -0.1) is 11.3 Å². The van der Waals surface area contributed by atoms with Crippen molar-refractivity contribution in [1.82, 2.24) is 19.2 Å². The number of hydrogen-bond donors (Lipinski definition) is 1. The summed E-state index contributed by atoms with van der Waals surface area (Å²) < 4.78 is 3.92. The molecule has 0 bridgehead atoms. The van der Waals surface area contributed by atoms with Crippen molar-refractivity contribution < 1.29 is 0 Å². The van der Waals surface area contributed by atoms with Crippen LogP contribution in [0.4, 0.5) is 0 Å². The molecule has 0 aliphatic heterocycles. The number of aromatic nitrogens is 4. The van der Waals surface area contributed by atoms with Crippen LogP contribution in [-0.4, -0.2) is 19.2 Å². The Morgan fingerprint density at radius 1 is 1.33 bits per heavy atom. The molecule has 1 unspecified atom stereocenters. The molecule has 6 heteroatoms. The fourth-order valence-corrected chi connectivity index (χ4v) is 3.43. The quantitative estimate of drug-likeness (QED) is 0.632. The van der Waals surface area contributed by atoms with Gasteiger partial charge >= 0.3 is 0 Å². The van der Waals surface area contributed by atoms with Crippen LogP contribution in [0.2, 0.25) is 0 Å². The zero-order chi connectivity index (χ0) is 14.4. The van der Waals surface area contributed by atoms with E-state index in [4.69, 9.17) is 5.73 Å². The predicted molar refractivity (Wildman–Crippen MR) is 84.4 cm³/mol. The van der Waals surface area contributed by atoms with E-state index in [1.165, 1.54) is 0 Å². The molecule has 0 saturated carbocycles. The molecule has 0 aliphatic carbocycles. The first-order chi connectivity index (χ1) is 10.2. The number of benzene rings is 1. The van der Waals surface area contributed by atoms with Crippen LogP contribution in [0.3, 0.4) is 0 Å². The number of nitrogens with zero attached hydrogens (tertiary/aromatic N) is 4. The molecule has 4 rings (SSSR count). The highest BCUT2D eigenvalue weighted by atomic mass is 32.1. The number of fused-ring (bicyclic) bond motifs is 2. The standard InChI is InChI=1S/C15H15N5S/c1-19-13-5-3-2-4-11(13)14(18-19)12(16)8-10-9-20-6-7-21-15(20)17-10/h2-7,9,12H,8,16H2,1H3. The Labute approximate surface area is 125 Å². The molecule has 0 fully saturated rings. The Hall–Kier alpha value is -2.18. The van der Waals surface area contributed by atoms with Crippen LogP contribution in [0, 0.1) is 0 Å². The zero-order valence-electron chi connectivity index (χ0n) is 11.6. The summed E-state index contributed by atoms with van der Waals surface area (Å²) in [5.41, 5.74) is 9.42. The van der Waals surface area contributed by atoms with Crippen LogP contribution in [0.25, 0.3) is 15.9 Å². The van der Waals surface area contributed by atoms with E-state index in [1.807, 2.05) is 46.0 Å². The van der Waals surface area contributed by atoms with Crippen molar-refractivity contribution in [2.45, 2.75) is 12.5 Å². The molecule has 0 spiro atoms. The molecule has 3 aromatic heterocycles. The summed E-state index contributed by atoms with van der Waals surface area (Å²) in [7, 11) is 1.95. The molecular weight excluding hydrogens is 282 g/mol. The molecule has 0 radical (unpaired) electrons. The second-order valence-corrected chi connectivity index (χ2v) is 6.03. The molecule has 0 aliphatic rings. The largest absolute Gasteiger partial charge is 0.322 e. The fourth-order valence-electron chi connectivity index (χ4n) is 2.71. The summed E-state index contributed by atoms with van der Waals surface area (Å²) in [6.07, 6.45) is 4.74. The Morgan fingerprint density at radius 2 is 2.19 bits per heavy atom. The van der Waals surface area contributed by atoms with E-state index in [2.05, 4.69) is 22.2 Å². The van der Waals surface area contributed by atoms with E-state index >= 15 is 0 Å². The molecule has 1 aromatic carbocycles. The minimum absolute atomic E-state index is 0.152. The van der Waals surface area contributed by atoms with Gasteiger partial charge < -0.3 is 5.73 Å². The summed E-state index contributed by atoms with van der Waals surface area (Å²) in [5, 5.41) is 7.73. The zero-order valence-corrected chi connectivity index (χ0v) is 12.4. The van der Waals surface area contributed by atoms with Crippen molar-refractivity contribution in [3.8, 4) is 0 Å². The van der Waals surface area contributed by atoms with E-state index < -0.39 is 0 Å². The molecule has 3 heterocycles. The average Bonchev–Trinajstić information content (AvgIpc) is 3.13. The van der Waals surface area contributed by atoms with Crippen LogP contribution in [0.15, 0.2) is 42.0 Å². The predicted octanol–water partition coefficient (Wildman–Crippen LogP) is 2.53. The summed E-state index contributed by atoms with van der Waals surface area (Å²) in [6, 6.07) is 8.02. The topological polar surface area (TPSA) is 61.1 Å². The first-order valence-electron chi connectivity index (χ1n) is 6.80. The number of imidazole rings is 1. The van der Waals surface area contributed by atoms with Gasteiger partial charge in [0.05, 0.1) is 22.9 Å². The summed E-state index contributed by atoms with van der Waals surface area (Å²) in [6.45, 7) is 0. The molecule has 21 heavy (non-hydrogen) atoms. The second kappa shape index (κ2) is 4.68. The van der Waals surface area contributed by atoms with Gasteiger partial charge in [0.15, 0.2) is 4.96 Å². The van der Waals surface area contributed by atoms with E-state index in [0.717, 1.165) is 27.3 Å². The summed E-state index contributed by atoms with van der Waals surface area (Å²) in [4.78, 5) is 5.59. The van der Waals surface area contributed by atoms with Gasteiger partial charge in [0.25, 0.3) is 0 Å². The Bertz CT molecular complexity index is 888. The number of aryl methyl sites for hydroxylation is 1. The first-order valence-corrected chi connectivity index (χ1v) is 7.68. The van der Waals surface area contributed by atoms with Crippen molar-refractivity contribution >= 4 is 27.2 Å². The Morgan fingerprint density at radius 3 is 3.05 bits per heavy atom. The van der Waals surface area contributed by atoms with Crippen LogP contribution in [0.1, 0.15) is 17.4 Å². The molecule has 1 atom stereocenters. The third-order valence-corrected chi connectivity index (χ3v) is 4.48. The lowest BCUT2D eigenvalue weighted by Crippen LogP contribution is -2.15. The van der Waals surface area contributed by atoms with Crippen LogP contribution < -0.4 is 5.73 Å². The highest BCUT2D eigenvalue weighted by Gasteiger charge is 2.17. The van der Waals surface area contributed by atoms with Gasteiger partial charge in [-0.2, -0.15) is 5.10 Å². The average molecular weight is 297 g/mol. The fraction of sp³-hybridized carbons (Fsp3) is 0.200. The molecule has 5 nitrogen and oxygen atoms in total. The van der Waals surface area contributed by atoms with E-state index in [1.54, 1.807) is 11.3 Å². The lowest BCUT2D eigenvalue weighted by molar-refractivity contribution is 0.658. The number of rotatable bonds is 3. The minimum atomic E-state index is -0.152. The Kier molecular flexibility index (Phi) is 2.80. The lowest BCUT2D eigenvalue weighted by Gasteiger charge is -2.07. The van der Waals surface area contributed by atoms with Gasteiger partial charge in [0.2, 0.25) is 0 Å². The van der Waals surface area contributed by atoms with Crippen molar-refractivity contribution in [2.24, 2.45) is 12.8 Å². The molecule has 106 valence electrons. The monoisotopic (exact) mass is 297 g/mol. The number of nitrogens with two attached hydrogens (primary N) is 1. The maximum absolute atomic E-state index is 6.38. The van der Waals surface area contributed by atoms with E-state index in [0.29, 0.717) is 6.42 Å². The summed E-state index contributed by atoms with van der Waals surface area (Å²) in [5.74, 6) is 0. The van der Waals surface area contributed by atoms with E-state index in [9.17, 15) is 0 Å². The Balaban J connectivity index is 1.69. The van der Waals surface area contributed by atoms with Gasteiger partial charge in [-0.1, -0.05) is 18.2 Å². The molecular formula is C15H15N5S. The highest BCUT2D eigenvalue weighted by molar-refractivity contribution is 7.15. The molecule has 2 N–H and O–H groups in total. The van der Waals surface area contributed by atoms with Gasteiger partial charge in [0.1, 0.15) is 0 Å². The van der Waals surface area contributed by atoms with Crippen molar-refractivity contribution in [3.05, 3.63) is 53.4 Å².